The minimum absolute atomic E-state index is 0. The first-order valence-corrected chi connectivity index (χ1v) is 42.3. The number of nitrogens with zero attached hydrogens (tertiary/aromatic N) is 7. The van der Waals surface area contributed by atoms with Crippen LogP contribution in [0.15, 0.2) is 418 Å². The zero-order valence-corrected chi connectivity index (χ0v) is 73.8. The van der Waals surface area contributed by atoms with Crippen LogP contribution < -0.4 is 63.7 Å². The molecule has 0 saturated carbocycles. The van der Waals surface area contributed by atoms with Crippen molar-refractivity contribution in [2.75, 3.05) is 0 Å². The molecule has 14 aromatic carbocycles. The second-order valence-corrected chi connectivity index (χ2v) is 32.8. The van der Waals surface area contributed by atoms with Crippen LogP contribution in [0.4, 0.5) is 5.69 Å². The van der Waals surface area contributed by atoms with Crippen molar-refractivity contribution >= 4 is 117 Å². The Balaban J connectivity index is 0.000000238. The van der Waals surface area contributed by atoms with Crippen LogP contribution in [-0.2, 0) is 39.9 Å². The van der Waals surface area contributed by atoms with Gasteiger partial charge in [-0.2, -0.15) is 10.2 Å². The molecule has 0 radical (unpaired) electrons. The van der Waals surface area contributed by atoms with Gasteiger partial charge in [-0.25, -0.2) is 14.8 Å². The van der Waals surface area contributed by atoms with E-state index in [1.165, 1.54) is 81.9 Å². The Hall–Kier alpha value is -10.7. The molecule has 0 aliphatic rings. The molecule has 113 heavy (non-hydrogen) atoms. The summed E-state index contributed by atoms with van der Waals surface area (Å²) in [6, 6.07) is 141. The number of halogens is 1. The first-order valence-electron chi connectivity index (χ1n) is 36.1. The summed E-state index contributed by atoms with van der Waals surface area (Å²) in [5, 5.41) is 42.4. The van der Waals surface area contributed by atoms with Gasteiger partial charge in [-0.05, 0) is 132 Å². The summed E-state index contributed by atoms with van der Waals surface area (Å²) in [7, 11) is -1.78. The molecule has 0 fully saturated rings. The average molecular weight is 1760 g/mol. The Bertz CT molecular complexity index is 4330. The zero-order valence-electron chi connectivity index (χ0n) is 64.1. The van der Waals surface area contributed by atoms with E-state index in [9.17, 15) is 0 Å². The summed E-state index contributed by atoms with van der Waals surface area (Å²) in [5.74, 6) is 1.48. The van der Waals surface area contributed by atoms with Gasteiger partial charge in [0, 0.05) is 36.0 Å². The van der Waals surface area contributed by atoms with E-state index >= 15 is 0 Å². The second kappa shape index (κ2) is 54.9. The van der Waals surface area contributed by atoms with Crippen LogP contribution in [-0.4, -0.2) is 30.4 Å². The van der Waals surface area contributed by atoms with Crippen molar-refractivity contribution in [3.8, 4) is 22.8 Å². The van der Waals surface area contributed by atoms with E-state index < -0.39 is 31.7 Å². The van der Waals surface area contributed by atoms with Gasteiger partial charge in [-0.3, -0.25) is 10.2 Å². The molecule has 0 atom stereocenters. The maximum Gasteiger partial charge on any atom is 2.00 e. The predicted molar refractivity (Wildman–Crippen MR) is 480 cm³/mol. The number of aromatic nitrogens is 6. The molecule has 560 valence electrons. The van der Waals surface area contributed by atoms with Crippen molar-refractivity contribution in [2.24, 2.45) is 0 Å². The van der Waals surface area contributed by atoms with Gasteiger partial charge in [0.05, 0.1) is 6.57 Å². The number of aromatic amines is 2. The average Bonchev–Trinajstić information content (AvgIpc) is 1.41. The fourth-order valence-electron chi connectivity index (χ4n) is 11.0. The monoisotopic (exact) mass is 1750 g/mol. The Morgan fingerprint density at radius 1 is 0.283 bits per heavy atom. The van der Waals surface area contributed by atoms with Crippen molar-refractivity contribution in [2.45, 2.75) is 41.5 Å². The third-order valence-electron chi connectivity index (χ3n) is 16.1. The SMILES string of the molecule is CC.CC.Cc1ccc(-c2ncn[nH]2)cc1Br.[C-]#N.[C-]#N.[C-]#[N+]c1cc(-c2ncn[nH]2)ccc1C.[Pd].[Zn+2].c1ccc(P(c2ccccc2)c2ccccc2)cc1.c1ccc(P(c2ccccc2)c2ccccc2)cc1.c1ccc(P(c2ccccc2)c2ccccc2)cc1.c1ccc(P(c2ccccc2)c2ccccc2)cc1. The maximum absolute atomic E-state index is 6.99. The molecule has 16 heteroatoms. The molecule has 0 aliphatic heterocycles. The summed E-state index contributed by atoms with van der Waals surface area (Å²) < 4.78 is 1.08. The fraction of sp³-hybridized carbons (Fsp3) is 0.0619. The standard InChI is InChI=1S/4C18H15P.C10H8N4.C9H8BrN3.2C2H6.2CN.Pd.Zn/c4*1-4-10-16(11-5-1)19(17-12-6-2-7-13-17)18-14-8-3-9-15-18;1-7-3-4-8(5-9(7)11-2)10-12-6-13-14-10;1-6-2-3-7(4-8(6)10)9-11-5-12-13-9;4*1-2;;/h4*1-15H;3-6H,1H3,(H,12,13,14);2-5H,1H3,(H,11,12,13);2*1-2H3;;;;/q;;;;;;;;2*-1;;+2. The third kappa shape index (κ3) is 29.7. The third-order valence-corrected chi connectivity index (χ3v) is 26.7. The first-order chi connectivity index (χ1) is 54.9. The van der Waals surface area contributed by atoms with E-state index in [0.29, 0.717) is 11.5 Å². The van der Waals surface area contributed by atoms with E-state index in [1.807, 2.05) is 77.9 Å². The largest absolute Gasteiger partial charge is 2.00 e. The van der Waals surface area contributed by atoms with Gasteiger partial charge >= 0.3 is 19.5 Å². The van der Waals surface area contributed by atoms with Crippen molar-refractivity contribution in [1.82, 2.24) is 30.4 Å². The molecule has 2 N–H and O–H groups in total. The van der Waals surface area contributed by atoms with Gasteiger partial charge in [0.2, 0.25) is 0 Å². The van der Waals surface area contributed by atoms with Gasteiger partial charge in [-0.15, -0.1) is 0 Å². The number of aryl methyl sites for hydroxylation is 2. The number of nitrogens with one attached hydrogen (secondary N) is 2. The predicted octanol–water partition coefficient (Wildman–Crippen LogP) is 20.9. The summed E-state index contributed by atoms with van der Waals surface area (Å²) in [4.78, 5) is 11.5. The molecule has 0 spiro atoms. The second-order valence-electron chi connectivity index (χ2n) is 23.1. The molecule has 2 aromatic heterocycles. The van der Waals surface area contributed by atoms with Crippen molar-refractivity contribution in [1.29, 1.82) is 10.5 Å². The van der Waals surface area contributed by atoms with Gasteiger partial charge in [0.1, 0.15) is 12.7 Å². The van der Waals surface area contributed by atoms with Crippen molar-refractivity contribution < 1.29 is 39.9 Å². The molecule has 2 heterocycles. The molecule has 9 nitrogen and oxygen atoms in total. The Labute approximate surface area is 709 Å². The normalized spacial score (nSPS) is 9.65. The molecule has 0 unspecified atom stereocenters. The topological polar surface area (TPSA) is 135 Å². The summed E-state index contributed by atoms with van der Waals surface area (Å²) >= 11 is 3.47. The number of rotatable bonds is 14. The molecule has 16 rings (SSSR count). The first kappa shape index (κ1) is 92.9. The fourth-order valence-corrected chi connectivity index (χ4v) is 20.6. The summed E-state index contributed by atoms with van der Waals surface area (Å²) in [6.45, 7) is 28.4. The van der Waals surface area contributed by atoms with Gasteiger partial charge < -0.3 is 23.7 Å². The van der Waals surface area contributed by atoms with E-state index in [1.54, 1.807) is 0 Å². The van der Waals surface area contributed by atoms with E-state index in [0.717, 1.165) is 27.0 Å². The zero-order chi connectivity index (χ0) is 78.9. The molecule has 16 aromatic rings. The van der Waals surface area contributed by atoms with Gasteiger partial charge in [0.15, 0.2) is 17.3 Å². The van der Waals surface area contributed by atoms with Crippen LogP contribution in [0.3, 0.4) is 0 Å². The van der Waals surface area contributed by atoms with E-state index in [2.05, 4.69) is 415 Å². The van der Waals surface area contributed by atoms with Crippen LogP contribution in [0, 0.1) is 44.1 Å². The minimum Gasteiger partial charge on any atom is -0.512 e. The van der Waals surface area contributed by atoms with Crippen LogP contribution in [0.2, 0.25) is 0 Å². The van der Waals surface area contributed by atoms with E-state index in [4.69, 9.17) is 30.2 Å². The molecule has 0 saturated heterocycles. The molecule has 0 amide bonds. The Morgan fingerprint density at radius 3 is 0.619 bits per heavy atom. The van der Waals surface area contributed by atoms with Crippen molar-refractivity contribution in [3.05, 3.63) is 453 Å². The number of hydrogen-bond donors (Lipinski definition) is 2. The van der Waals surface area contributed by atoms with Crippen LogP contribution in [0.1, 0.15) is 38.8 Å². The Morgan fingerprint density at radius 2 is 0.460 bits per heavy atom. The quantitative estimate of drug-likeness (QED) is 0.0632. The summed E-state index contributed by atoms with van der Waals surface area (Å²) in [5.41, 5.74) is 4.76. The van der Waals surface area contributed by atoms with Crippen LogP contribution >= 0.6 is 47.6 Å². The molecular formula is C97H88BrN9P4PdZn. The van der Waals surface area contributed by atoms with Gasteiger partial charge in [-0.1, -0.05) is 432 Å². The smallest absolute Gasteiger partial charge is 0.512 e. The van der Waals surface area contributed by atoms with Crippen LogP contribution in [0.5, 0.6) is 0 Å². The molecule has 0 aliphatic carbocycles. The van der Waals surface area contributed by atoms with Crippen molar-refractivity contribution in [3.63, 3.8) is 0 Å². The Kier molecular flexibility index (Phi) is 45.1. The van der Waals surface area contributed by atoms with Gasteiger partial charge in [0.25, 0.3) is 0 Å². The number of benzene rings is 14. The minimum atomic E-state index is -0.446. The van der Waals surface area contributed by atoms with Crippen LogP contribution in [0.25, 0.3) is 27.6 Å². The van der Waals surface area contributed by atoms with E-state index in [-0.39, 0.29) is 39.9 Å². The summed E-state index contributed by atoms with van der Waals surface area (Å²) in [6.07, 6.45) is 2.95. The molecule has 0 bridgehead atoms. The number of hydrogen-bond acceptors (Lipinski definition) is 6. The number of H-pyrrole nitrogens is 2. The molecular weight excluding hydrogens is 1670 g/mol. The maximum atomic E-state index is 6.99.